The standard InChI is InChI=1S/C12H15NO2/c1-10(12(13)14)6-5-9-15-11-7-3-2-4-8-11/h2-4,6-8H,5,9H2,1H3,(H2,13,14)/b10-6+. The van der Waals surface area contributed by atoms with Gasteiger partial charge in [0.2, 0.25) is 5.91 Å². The first-order valence-corrected chi connectivity index (χ1v) is 4.84. The van der Waals surface area contributed by atoms with Crippen molar-refractivity contribution in [2.45, 2.75) is 13.3 Å². The quantitative estimate of drug-likeness (QED) is 0.589. The maximum Gasteiger partial charge on any atom is 0.244 e. The molecule has 0 bridgehead atoms. The van der Waals surface area contributed by atoms with Gasteiger partial charge in [-0.15, -0.1) is 0 Å². The summed E-state index contributed by atoms with van der Waals surface area (Å²) in [6, 6.07) is 9.55. The monoisotopic (exact) mass is 205 g/mol. The van der Waals surface area contributed by atoms with E-state index in [4.69, 9.17) is 10.5 Å². The zero-order valence-corrected chi connectivity index (χ0v) is 8.77. The molecule has 0 radical (unpaired) electrons. The van der Waals surface area contributed by atoms with Crippen molar-refractivity contribution in [3.05, 3.63) is 42.0 Å². The highest BCUT2D eigenvalue weighted by molar-refractivity contribution is 5.91. The second-order valence-electron chi connectivity index (χ2n) is 3.20. The number of ether oxygens (including phenoxy) is 1. The Morgan fingerprint density at radius 2 is 2.07 bits per heavy atom. The van der Waals surface area contributed by atoms with Crippen LogP contribution in [0, 0.1) is 0 Å². The molecule has 15 heavy (non-hydrogen) atoms. The fraction of sp³-hybridized carbons (Fsp3) is 0.250. The fourth-order valence-corrected chi connectivity index (χ4v) is 1.07. The van der Waals surface area contributed by atoms with Crippen LogP contribution in [-0.4, -0.2) is 12.5 Å². The van der Waals surface area contributed by atoms with Gasteiger partial charge in [-0.2, -0.15) is 0 Å². The number of primary amides is 1. The summed E-state index contributed by atoms with van der Waals surface area (Å²) in [5, 5.41) is 0. The molecular weight excluding hydrogens is 190 g/mol. The van der Waals surface area contributed by atoms with E-state index < -0.39 is 0 Å². The summed E-state index contributed by atoms with van der Waals surface area (Å²) in [5.74, 6) is 0.456. The van der Waals surface area contributed by atoms with Crippen molar-refractivity contribution in [2.24, 2.45) is 5.73 Å². The first-order chi connectivity index (χ1) is 7.20. The number of para-hydroxylation sites is 1. The lowest BCUT2D eigenvalue weighted by Gasteiger charge is -2.03. The third kappa shape index (κ3) is 4.31. The van der Waals surface area contributed by atoms with E-state index in [1.807, 2.05) is 30.3 Å². The van der Waals surface area contributed by atoms with Gasteiger partial charge in [-0.05, 0) is 19.1 Å². The van der Waals surface area contributed by atoms with Crippen molar-refractivity contribution < 1.29 is 9.53 Å². The van der Waals surface area contributed by atoms with Gasteiger partial charge in [0.1, 0.15) is 5.75 Å². The summed E-state index contributed by atoms with van der Waals surface area (Å²) in [7, 11) is 0. The maximum absolute atomic E-state index is 10.7. The fourth-order valence-electron chi connectivity index (χ4n) is 1.07. The summed E-state index contributed by atoms with van der Waals surface area (Å²) in [6.45, 7) is 2.25. The number of benzene rings is 1. The number of rotatable bonds is 5. The van der Waals surface area contributed by atoms with Crippen LogP contribution in [0.3, 0.4) is 0 Å². The van der Waals surface area contributed by atoms with E-state index in [0.717, 1.165) is 5.75 Å². The number of carbonyl (C=O) groups is 1. The minimum absolute atomic E-state index is 0.380. The minimum Gasteiger partial charge on any atom is -0.493 e. The van der Waals surface area contributed by atoms with Gasteiger partial charge < -0.3 is 10.5 Å². The summed E-state index contributed by atoms with van der Waals surface area (Å²) in [5.41, 5.74) is 5.66. The average Bonchev–Trinajstić information content (AvgIpc) is 2.25. The molecule has 0 saturated carbocycles. The summed E-state index contributed by atoms with van der Waals surface area (Å²) < 4.78 is 5.44. The number of amides is 1. The molecule has 0 spiro atoms. The number of hydrogen-bond donors (Lipinski definition) is 1. The minimum atomic E-state index is -0.380. The smallest absolute Gasteiger partial charge is 0.244 e. The Morgan fingerprint density at radius 3 is 2.67 bits per heavy atom. The Bertz CT molecular complexity index is 344. The highest BCUT2D eigenvalue weighted by Gasteiger charge is 1.95. The second-order valence-corrected chi connectivity index (χ2v) is 3.20. The molecule has 0 aliphatic carbocycles. The van der Waals surface area contributed by atoms with Gasteiger partial charge >= 0.3 is 0 Å². The lowest BCUT2D eigenvalue weighted by Crippen LogP contribution is -2.11. The largest absolute Gasteiger partial charge is 0.493 e. The van der Waals surface area contributed by atoms with Crippen molar-refractivity contribution in [1.29, 1.82) is 0 Å². The molecule has 3 nitrogen and oxygen atoms in total. The van der Waals surface area contributed by atoms with Crippen LogP contribution in [-0.2, 0) is 4.79 Å². The van der Waals surface area contributed by atoms with Crippen molar-refractivity contribution >= 4 is 5.91 Å². The number of carbonyl (C=O) groups excluding carboxylic acids is 1. The van der Waals surface area contributed by atoms with E-state index in [1.54, 1.807) is 13.0 Å². The molecule has 0 heterocycles. The summed E-state index contributed by atoms with van der Waals surface area (Å²) >= 11 is 0. The molecule has 0 aliphatic heterocycles. The normalized spacial score (nSPS) is 11.1. The van der Waals surface area contributed by atoms with Gasteiger partial charge in [-0.1, -0.05) is 24.3 Å². The van der Waals surface area contributed by atoms with E-state index in [9.17, 15) is 4.79 Å². The Morgan fingerprint density at radius 1 is 1.40 bits per heavy atom. The zero-order valence-electron chi connectivity index (χ0n) is 8.77. The van der Waals surface area contributed by atoms with Crippen LogP contribution < -0.4 is 10.5 Å². The van der Waals surface area contributed by atoms with Gasteiger partial charge in [-0.25, -0.2) is 0 Å². The van der Waals surface area contributed by atoms with Gasteiger partial charge in [0.05, 0.1) is 6.61 Å². The predicted molar refractivity (Wildman–Crippen MR) is 59.5 cm³/mol. The Hall–Kier alpha value is -1.77. The predicted octanol–water partition coefficient (Wildman–Crippen LogP) is 1.89. The molecule has 2 N–H and O–H groups in total. The van der Waals surface area contributed by atoms with E-state index in [2.05, 4.69) is 0 Å². The first kappa shape index (κ1) is 11.3. The van der Waals surface area contributed by atoms with Crippen LogP contribution in [0.1, 0.15) is 13.3 Å². The highest BCUT2D eigenvalue weighted by Crippen LogP contribution is 2.08. The molecule has 1 amide bonds. The Balaban J connectivity index is 2.29. The Kier molecular flexibility index (Phi) is 4.41. The van der Waals surface area contributed by atoms with Crippen molar-refractivity contribution in [2.75, 3.05) is 6.61 Å². The van der Waals surface area contributed by atoms with Crippen LogP contribution in [0.25, 0.3) is 0 Å². The van der Waals surface area contributed by atoms with Gasteiger partial charge in [0, 0.05) is 12.0 Å². The molecule has 0 fully saturated rings. The third-order valence-electron chi connectivity index (χ3n) is 1.97. The van der Waals surface area contributed by atoms with Crippen LogP contribution in [0.15, 0.2) is 42.0 Å². The molecule has 1 aromatic rings. The van der Waals surface area contributed by atoms with Crippen molar-refractivity contribution in [3.8, 4) is 5.75 Å². The maximum atomic E-state index is 10.7. The van der Waals surface area contributed by atoms with E-state index >= 15 is 0 Å². The van der Waals surface area contributed by atoms with E-state index in [1.165, 1.54) is 0 Å². The molecule has 0 saturated heterocycles. The molecule has 80 valence electrons. The van der Waals surface area contributed by atoms with Gasteiger partial charge in [-0.3, -0.25) is 4.79 Å². The lowest BCUT2D eigenvalue weighted by molar-refractivity contribution is -0.114. The SMILES string of the molecule is C/C(=C\CCOc1ccccc1)C(N)=O. The molecule has 3 heteroatoms. The topological polar surface area (TPSA) is 52.3 Å². The molecule has 0 aromatic heterocycles. The lowest BCUT2D eigenvalue weighted by atomic mass is 10.2. The van der Waals surface area contributed by atoms with Crippen molar-refractivity contribution in [1.82, 2.24) is 0 Å². The highest BCUT2D eigenvalue weighted by atomic mass is 16.5. The average molecular weight is 205 g/mol. The Labute approximate surface area is 89.5 Å². The van der Waals surface area contributed by atoms with Gasteiger partial charge in [0.25, 0.3) is 0 Å². The number of nitrogens with two attached hydrogens (primary N) is 1. The summed E-state index contributed by atoms with van der Waals surface area (Å²) in [4.78, 5) is 10.7. The van der Waals surface area contributed by atoms with Crippen LogP contribution in [0.4, 0.5) is 0 Å². The molecule has 1 rings (SSSR count). The van der Waals surface area contributed by atoms with Crippen LogP contribution >= 0.6 is 0 Å². The van der Waals surface area contributed by atoms with E-state index in [-0.39, 0.29) is 5.91 Å². The van der Waals surface area contributed by atoms with Gasteiger partial charge in [0.15, 0.2) is 0 Å². The van der Waals surface area contributed by atoms with E-state index in [0.29, 0.717) is 18.6 Å². The number of hydrogen-bond acceptors (Lipinski definition) is 2. The molecule has 1 aromatic carbocycles. The zero-order chi connectivity index (χ0) is 11.1. The van der Waals surface area contributed by atoms with Crippen LogP contribution in [0.2, 0.25) is 0 Å². The third-order valence-corrected chi connectivity index (χ3v) is 1.97. The first-order valence-electron chi connectivity index (χ1n) is 4.84. The summed E-state index contributed by atoms with van der Waals surface area (Å²) in [6.07, 6.45) is 2.47. The molecule has 0 unspecified atom stereocenters. The van der Waals surface area contributed by atoms with Crippen LogP contribution in [0.5, 0.6) is 5.75 Å². The molecule has 0 atom stereocenters. The molecule has 0 aliphatic rings. The second kappa shape index (κ2) is 5.86. The van der Waals surface area contributed by atoms with Crippen molar-refractivity contribution in [3.63, 3.8) is 0 Å². The molecular formula is C12H15NO2.